The number of hydrogen-bond donors (Lipinski definition) is 0. The average molecular weight is 244 g/mol. The third-order valence-corrected chi connectivity index (χ3v) is 3.02. The molecule has 18 heavy (non-hydrogen) atoms. The molecule has 0 aliphatic rings. The standard InChI is InChI=1S/C15H20N2O/c1-6-11(3)12(4)8-13(7-2)14-9-16-15(18)17(5)10-14/h6-10H,1-5H3. The van der Waals surface area contributed by atoms with Crippen LogP contribution in [-0.4, -0.2) is 9.55 Å². The summed E-state index contributed by atoms with van der Waals surface area (Å²) < 4.78 is 1.49. The van der Waals surface area contributed by atoms with Crippen LogP contribution in [0.1, 0.15) is 33.3 Å². The topological polar surface area (TPSA) is 34.9 Å². The number of nitrogens with zero attached hydrogens (tertiary/aromatic N) is 2. The number of aryl methyl sites for hydroxylation is 1. The quantitative estimate of drug-likeness (QED) is 0.766. The maximum atomic E-state index is 11.3. The van der Waals surface area contributed by atoms with E-state index in [1.54, 1.807) is 19.4 Å². The van der Waals surface area contributed by atoms with E-state index in [2.05, 4.69) is 31.0 Å². The highest BCUT2D eigenvalue weighted by Gasteiger charge is 2.02. The second kappa shape index (κ2) is 6.15. The van der Waals surface area contributed by atoms with Crippen molar-refractivity contribution in [3.8, 4) is 0 Å². The lowest BCUT2D eigenvalue weighted by Gasteiger charge is -2.06. The molecule has 0 radical (unpaired) electrons. The van der Waals surface area contributed by atoms with E-state index in [1.165, 1.54) is 15.7 Å². The first-order chi connectivity index (χ1) is 8.49. The number of hydrogen-bond acceptors (Lipinski definition) is 2. The predicted molar refractivity (Wildman–Crippen MR) is 76.3 cm³/mol. The molecule has 3 nitrogen and oxygen atoms in total. The van der Waals surface area contributed by atoms with Crippen LogP contribution in [-0.2, 0) is 7.05 Å². The summed E-state index contributed by atoms with van der Waals surface area (Å²) in [6.45, 7) is 8.16. The van der Waals surface area contributed by atoms with Gasteiger partial charge in [-0.25, -0.2) is 9.78 Å². The van der Waals surface area contributed by atoms with E-state index in [9.17, 15) is 4.79 Å². The molecular weight excluding hydrogens is 224 g/mol. The van der Waals surface area contributed by atoms with E-state index < -0.39 is 0 Å². The number of aromatic nitrogens is 2. The monoisotopic (exact) mass is 244 g/mol. The van der Waals surface area contributed by atoms with Gasteiger partial charge in [-0.1, -0.05) is 23.8 Å². The Hall–Kier alpha value is -1.90. The SMILES string of the molecule is CC=C(C)C(C)=CC(=CC)c1cnc(=O)n(C)c1. The van der Waals surface area contributed by atoms with Crippen LogP contribution in [0, 0.1) is 0 Å². The Morgan fingerprint density at radius 1 is 1.22 bits per heavy atom. The molecule has 0 amide bonds. The normalized spacial score (nSPS) is 13.9. The average Bonchev–Trinajstić information content (AvgIpc) is 2.38. The van der Waals surface area contributed by atoms with Crippen molar-refractivity contribution in [2.75, 3.05) is 0 Å². The fourth-order valence-corrected chi connectivity index (χ4v) is 1.57. The lowest BCUT2D eigenvalue weighted by atomic mass is 10.0. The van der Waals surface area contributed by atoms with Gasteiger partial charge in [0.25, 0.3) is 0 Å². The van der Waals surface area contributed by atoms with Gasteiger partial charge in [0, 0.05) is 25.0 Å². The summed E-state index contributed by atoms with van der Waals surface area (Å²) >= 11 is 0. The summed E-state index contributed by atoms with van der Waals surface area (Å²) in [6.07, 6.45) is 9.63. The maximum Gasteiger partial charge on any atom is 0.347 e. The minimum atomic E-state index is -0.237. The lowest BCUT2D eigenvalue weighted by Crippen LogP contribution is -2.19. The molecule has 0 aromatic carbocycles. The minimum Gasteiger partial charge on any atom is -0.302 e. The molecule has 1 rings (SSSR count). The molecule has 1 aromatic rings. The zero-order valence-corrected chi connectivity index (χ0v) is 11.7. The fraction of sp³-hybridized carbons (Fsp3) is 0.333. The molecule has 3 heteroatoms. The molecule has 1 aromatic heterocycles. The Morgan fingerprint density at radius 3 is 2.39 bits per heavy atom. The molecule has 0 aliphatic carbocycles. The second-order valence-electron chi connectivity index (χ2n) is 4.28. The first-order valence-corrected chi connectivity index (χ1v) is 6.00. The highest BCUT2D eigenvalue weighted by molar-refractivity contribution is 5.74. The van der Waals surface area contributed by atoms with Crippen LogP contribution < -0.4 is 5.69 Å². The van der Waals surface area contributed by atoms with Crippen LogP contribution in [0.5, 0.6) is 0 Å². The highest BCUT2D eigenvalue weighted by atomic mass is 16.1. The van der Waals surface area contributed by atoms with E-state index in [0.29, 0.717) is 0 Å². The van der Waals surface area contributed by atoms with Crippen LogP contribution in [0.4, 0.5) is 0 Å². The van der Waals surface area contributed by atoms with Gasteiger partial charge in [-0.15, -0.1) is 0 Å². The molecule has 96 valence electrons. The first-order valence-electron chi connectivity index (χ1n) is 6.00. The zero-order chi connectivity index (χ0) is 13.7. The van der Waals surface area contributed by atoms with Gasteiger partial charge < -0.3 is 4.57 Å². The summed E-state index contributed by atoms with van der Waals surface area (Å²) in [7, 11) is 1.71. The van der Waals surface area contributed by atoms with E-state index in [-0.39, 0.29) is 5.69 Å². The van der Waals surface area contributed by atoms with Crippen molar-refractivity contribution in [1.29, 1.82) is 0 Å². The largest absolute Gasteiger partial charge is 0.347 e. The van der Waals surface area contributed by atoms with Gasteiger partial charge in [-0.2, -0.15) is 0 Å². The molecule has 0 bridgehead atoms. The summed E-state index contributed by atoms with van der Waals surface area (Å²) in [6, 6.07) is 0. The summed E-state index contributed by atoms with van der Waals surface area (Å²) in [5, 5.41) is 0. The predicted octanol–water partition coefficient (Wildman–Crippen LogP) is 3.10. The second-order valence-corrected chi connectivity index (χ2v) is 4.28. The Morgan fingerprint density at radius 2 is 1.89 bits per heavy atom. The molecule has 1 heterocycles. The van der Waals surface area contributed by atoms with Crippen LogP contribution in [0.3, 0.4) is 0 Å². The molecule has 0 atom stereocenters. The van der Waals surface area contributed by atoms with Crippen LogP contribution in [0.15, 0.2) is 46.6 Å². The van der Waals surface area contributed by atoms with E-state index >= 15 is 0 Å². The van der Waals surface area contributed by atoms with Crippen LogP contribution in [0.2, 0.25) is 0 Å². The van der Waals surface area contributed by atoms with E-state index in [0.717, 1.165) is 11.1 Å². The van der Waals surface area contributed by atoms with Gasteiger partial charge >= 0.3 is 5.69 Å². The third kappa shape index (κ3) is 3.29. The Bertz CT molecular complexity index is 574. The smallest absolute Gasteiger partial charge is 0.302 e. The van der Waals surface area contributed by atoms with Crippen molar-refractivity contribution in [3.05, 3.63) is 57.8 Å². The summed E-state index contributed by atoms with van der Waals surface area (Å²) in [4.78, 5) is 15.1. The molecule has 0 spiro atoms. The van der Waals surface area contributed by atoms with Gasteiger partial charge in [0.1, 0.15) is 0 Å². The van der Waals surface area contributed by atoms with Crippen molar-refractivity contribution in [1.82, 2.24) is 9.55 Å². The number of allylic oxidation sites excluding steroid dienone is 6. The van der Waals surface area contributed by atoms with Crippen LogP contribution >= 0.6 is 0 Å². The van der Waals surface area contributed by atoms with E-state index in [1.807, 2.05) is 19.9 Å². The molecule has 0 saturated carbocycles. The van der Waals surface area contributed by atoms with Crippen molar-refractivity contribution in [2.24, 2.45) is 7.05 Å². The fourth-order valence-electron chi connectivity index (χ4n) is 1.57. The zero-order valence-electron chi connectivity index (χ0n) is 11.7. The van der Waals surface area contributed by atoms with Crippen molar-refractivity contribution in [2.45, 2.75) is 27.7 Å². The van der Waals surface area contributed by atoms with Gasteiger partial charge in [-0.3, -0.25) is 0 Å². The maximum absolute atomic E-state index is 11.3. The number of rotatable bonds is 3. The van der Waals surface area contributed by atoms with Crippen molar-refractivity contribution < 1.29 is 0 Å². The van der Waals surface area contributed by atoms with Gasteiger partial charge in [-0.05, 0) is 38.8 Å². The van der Waals surface area contributed by atoms with Crippen molar-refractivity contribution >= 4 is 5.57 Å². The van der Waals surface area contributed by atoms with Crippen LogP contribution in [0.25, 0.3) is 5.57 Å². The van der Waals surface area contributed by atoms with E-state index in [4.69, 9.17) is 0 Å². The van der Waals surface area contributed by atoms with Gasteiger partial charge in [0.2, 0.25) is 0 Å². The van der Waals surface area contributed by atoms with Crippen molar-refractivity contribution in [3.63, 3.8) is 0 Å². The molecule has 0 unspecified atom stereocenters. The Labute approximate surface area is 108 Å². The summed E-state index contributed by atoms with van der Waals surface area (Å²) in [5.74, 6) is 0. The van der Waals surface area contributed by atoms with Gasteiger partial charge in [0.15, 0.2) is 0 Å². The minimum absolute atomic E-state index is 0.237. The van der Waals surface area contributed by atoms with Gasteiger partial charge in [0.05, 0.1) is 0 Å². The lowest BCUT2D eigenvalue weighted by molar-refractivity contribution is 0.806. The Kier molecular flexibility index (Phi) is 4.84. The first kappa shape index (κ1) is 14.2. The molecule has 0 saturated heterocycles. The Balaban J connectivity index is 3.20. The summed E-state index contributed by atoms with van der Waals surface area (Å²) in [5.41, 5.74) is 4.23. The third-order valence-electron chi connectivity index (χ3n) is 3.02. The molecular formula is C15H20N2O. The highest BCUT2D eigenvalue weighted by Crippen LogP contribution is 2.18. The molecule has 0 aliphatic heterocycles. The molecule has 0 fully saturated rings. The molecule has 0 N–H and O–H groups in total.